The van der Waals surface area contributed by atoms with Gasteiger partial charge in [-0.25, -0.2) is 5.01 Å². The molecular formula is C19H15N3O2S. The second-order valence-corrected chi connectivity index (χ2v) is 6.64. The predicted molar refractivity (Wildman–Crippen MR) is 96.7 cm³/mol. The smallest absolute Gasteiger partial charge is 0.284 e. The van der Waals surface area contributed by atoms with Crippen LogP contribution in [0.5, 0.6) is 5.75 Å². The molecule has 3 heterocycles. The van der Waals surface area contributed by atoms with Crippen molar-refractivity contribution in [1.29, 1.82) is 0 Å². The molecule has 1 aromatic carbocycles. The molecule has 4 rings (SSSR count). The van der Waals surface area contributed by atoms with E-state index in [0.29, 0.717) is 16.9 Å². The van der Waals surface area contributed by atoms with E-state index in [1.54, 1.807) is 30.6 Å². The number of benzene rings is 1. The van der Waals surface area contributed by atoms with Gasteiger partial charge in [-0.05, 0) is 29.6 Å². The number of hydrazone groups is 1. The third-order valence-electron chi connectivity index (χ3n) is 4.16. The van der Waals surface area contributed by atoms with Gasteiger partial charge in [-0.1, -0.05) is 24.3 Å². The van der Waals surface area contributed by atoms with E-state index in [9.17, 15) is 9.90 Å². The van der Waals surface area contributed by atoms with Gasteiger partial charge in [0.15, 0.2) is 0 Å². The van der Waals surface area contributed by atoms with Gasteiger partial charge in [-0.3, -0.25) is 9.78 Å². The molecule has 0 aliphatic carbocycles. The second-order valence-electron chi connectivity index (χ2n) is 5.69. The van der Waals surface area contributed by atoms with Crippen LogP contribution in [0.25, 0.3) is 0 Å². The third kappa shape index (κ3) is 2.92. The van der Waals surface area contributed by atoms with E-state index in [1.165, 1.54) is 16.3 Å². The molecule has 1 atom stereocenters. The fourth-order valence-corrected chi connectivity index (χ4v) is 3.60. The summed E-state index contributed by atoms with van der Waals surface area (Å²) in [4.78, 5) is 17.6. The van der Waals surface area contributed by atoms with E-state index in [1.807, 2.05) is 35.7 Å². The number of phenols is 1. The van der Waals surface area contributed by atoms with Crippen molar-refractivity contribution >= 4 is 23.0 Å². The Morgan fingerprint density at radius 3 is 2.64 bits per heavy atom. The maximum atomic E-state index is 12.9. The summed E-state index contributed by atoms with van der Waals surface area (Å²) < 4.78 is 0. The fraction of sp³-hybridized carbons (Fsp3) is 0.105. The Bertz CT molecular complexity index is 923. The van der Waals surface area contributed by atoms with Crippen molar-refractivity contribution in [3.05, 3.63) is 82.3 Å². The standard InChI is InChI=1S/C19H15N3O2S/c23-17-5-2-1-4-14(17)16-12-15(13-7-9-20-10-8-13)21-22(16)19(24)18-6-3-11-25-18/h1-11,16,23H,12H2/t16-/m1/s1. The van der Waals surface area contributed by atoms with Gasteiger partial charge in [0.25, 0.3) is 5.91 Å². The number of hydrogen-bond acceptors (Lipinski definition) is 5. The normalized spacial score (nSPS) is 16.7. The van der Waals surface area contributed by atoms with E-state index < -0.39 is 0 Å². The number of nitrogens with zero attached hydrogens (tertiary/aromatic N) is 3. The predicted octanol–water partition coefficient (Wildman–Crippen LogP) is 3.84. The topological polar surface area (TPSA) is 65.8 Å². The van der Waals surface area contributed by atoms with Crippen LogP contribution in [0.4, 0.5) is 0 Å². The van der Waals surface area contributed by atoms with Gasteiger partial charge in [-0.15, -0.1) is 11.3 Å². The van der Waals surface area contributed by atoms with E-state index in [4.69, 9.17) is 0 Å². The van der Waals surface area contributed by atoms with Crippen LogP contribution < -0.4 is 0 Å². The van der Waals surface area contributed by atoms with E-state index in [0.717, 1.165) is 11.3 Å². The molecule has 0 saturated carbocycles. The highest BCUT2D eigenvalue weighted by molar-refractivity contribution is 7.12. The number of carbonyl (C=O) groups excluding carboxylic acids is 1. The van der Waals surface area contributed by atoms with Crippen molar-refractivity contribution in [2.24, 2.45) is 5.10 Å². The summed E-state index contributed by atoms with van der Waals surface area (Å²) in [7, 11) is 0. The van der Waals surface area contributed by atoms with Crippen LogP contribution in [0, 0.1) is 0 Å². The number of aromatic nitrogens is 1. The quantitative estimate of drug-likeness (QED) is 0.781. The van der Waals surface area contributed by atoms with Crippen LogP contribution in [-0.2, 0) is 0 Å². The lowest BCUT2D eigenvalue weighted by atomic mass is 9.98. The Kier molecular flexibility index (Phi) is 4.03. The number of carbonyl (C=O) groups is 1. The molecule has 3 aromatic rings. The van der Waals surface area contributed by atoms with Crippen LogP contribution in [-0.4, -0.2) is 26.7 Å². The summed E-state index contributed by atoms with van der Waals surface area (Å²) in [5, 5.41) is 18.2. The Morgan fingerprint density at radius 1 is 1.12 bits per heavy atom. The van der Waals surface area contributed by atoms with Gasteiger partial charge in [0.05, 0.1) is 16.6 Å². The lowest BCUT2D eigenvalue weighted by Gasteiger charge is -2.22. The number of pyridine rings is 1. The summed E-state index contributed by atoms with van der Waals surface area (Å²) in [5.41, 5.74) is 2.43. The second kappa shape index (κ2) is 6.49. The van der Waals surface area contributed by atoms with Gasteiger partial charge < -0.3 is 5.11 Å². The average Bonchev–Trinajstić information content (AvgIpc) is 3.32. The molecular weight excluding hydrogens is 334 g/mol. The number of hydrogen-bond donors (Lipinski definition) is 1. The molecule has 25 heavy (non-hydrogen) atoms. The molecule has 6 heteroatoms. The molecule has 1 amide bonds. The minimum atomic E-state index is -0.334. The van der Waals surface area contributed by atoms with Gasteiger partial charge >= 0.3 is 0 Å². The first-order chi connectivity index (χ1) is 12.2. The highest BCUT2D eigenvalue weighted by Gasteiger charge is 2.35. The summed E-state index contributed by atoms with van der Waals surface area (Å²) >= 11 is 1.38. The molecule has 1 N–H and O–H groups in total. The molecule has 0 fully saturated rings. The summed E-state index contributed by atoms with van der Waals surface area (Å²) in [6, 6.07) is 14.1. The first-order valence-electron chi connectivity index (χ1n) is 7.87. The van der Waals surface area contributed by atoms with E-state index >= 15 is 0 Å². The Morgan fingerprint density at radius 2 is 1.92 bits per heavy atom. The van der Waals surface area contributed by atoms with Crippen LogP contribution in [0.2, 0.25) is 0 Å². The summed E-state index contributed by atoms with van der Waals surface area (Å²) in [6.45, 7) is 0. The highest BCUT2D eigenvalue weighted by atomic mass is 32.1. The molecule has 1 aliphatic heterocycles. The third-order valence-corrected chi connectivity index (χ3v) is 5.02. The molecule has 0 radical (unpaired) electrons. The van der Waals surface area contributed by atoms with E-state index in [-0.39, 0.29) is 17.7 Å². The van der Waals surface area contributed by atoms with Crippen LogP contribution >= 0.6 is 11.3 Å². The van der Waals surface area contributed by atoms with Crippen LogP contribution in [0.1, 0.15) is 33.3 Å². The largest absolute Gasteiger partial charge is 0.508 e. The average molecular weight is 349 g/mol. The number of amides is 1. The van der Waals surface area contributed by atoms with Gasteiger partial charge in [0, 0.05) is 29.9 Å². The van der Waals surface area contributed by atoms with Crippen LogP contribution in [0.3, 0.4) is 0 Å². The minimum absolute atomic E-state index is 0.160. The van der Waals surface area contributed by atoms with Crippen molar-refractivity contribution in [1.82, 2.24) is 9.99 Å². The molecule has 2 aromatic heterocycles. The zero-order valence-electron chi connectivity index (χ0n) is 13.2. The molecule has 0 bridgehead atoms. The first kappa shape index (κ1) is 15.5. The molecule has 124 valence electrons. The molecule has 0 saturated heterocycles. The first-order valence-corrected chi connectivity index (χ1v) is 8.75. The Balaban J connectivity index is 1.75. The monoisotopic (exact) mass is 349 g/mol. The molecule has 1 aliphatic rings. The van der Waals surface area contributed by atoms with E-state index in [2.05, 4.69) is 10.1 Å². The summed E-state index contributed by atoms with van der Waals surface area (Å²) in [6.07, 6.45) is 3.95. The Hall–Kier alpha value is -2.99. The number of para-hydroxylation sites is 1. The van der Waals surface area contributed by atoms with Crippen molar-refractivity contribution in [3.8, 4) is 5.75 Å². The number of thiophene rings is 1. The number of aromatic hydroxyl groups is 1. The zero-order chi connectivity index (χ0) is 17.2. The van der Waals surface area contributed by atoms with Crippen molar-refractivity contribution in [2.75, 3.05) is 0 Å². The maximum absolute atomic E-state index is 12.9. The lowest BCUT2D eigenvalue weighted by molar-refractivity contribution is 0.0714. The minimum Gasteiger partial charge on any atom is -0.508 e. The van der Waals surface area contributed by atoms with Gasteiger partial charge in [-0.2, -0.15) is 5.10 Å². The summed E-state index contributed by atoms with van der Waals surface area (Å²) in [5.74, 6) is 0.00923. The SMILES string of the molecule is O=C(c1cccs1)N1N=C(c2ccncc2)C[C@@H]1c1ccccc1O. The van der Waals surface area contributed by atoms with Crippen molar-refractivity contribution < 1.29 is 9.90 Å². The van der Waals surface area contributed by atoms with Crippen LogP contribution in [0.15, 0.2) is 71.4 Å². The van der Waals surface area contributed by atoms with Crippen molar-refractivity contribution in [3.63, 3.8) is 0 Å². The van der Waals surface area contributed by atoms with Gasteiger partial charge in [0.1, 0.15) is 5.75 Å². The Labute approximate surface area is 148 Å². The van der Waals surface area contributed by atoms with Gasteiger partial charge in [0.2, 0.25) is 0 Å². The molecule has 5 nitrogen and oxygen atoms in total. The highest BCUT2D eigenvalue weighted by Crippen LogP contribution is 2.38. The van der Waals surface area contributed by atoms with Crippen molar-refractivity contribution in [2.45, 2.75) is 12.5 Å². The zero-order valence-corrected chi connectivity index (χ0v) is 14.1. The number of rotatable bonds is 3. The number of phenolic OH excluding ortho intramolecular Hbond substituents is 1. The lowest BCUT2D eigenvalue weighted by Crippen LogP contribution is -2.26. The molecule has 0 unspecified atom stereocenters. The fourth-order valence-electron chi connectivity index (χ4n) is 2.94. The molecule has 0 spiro atoms. The maximum Gasteiger partial charge on any atom is 0.284 e.